The minimum Gasteiger partial charge on any atom is -0.360 e. The van der Waals surface area contributed by atoms with Gasteiger partial charge >= 0.3 is 0 Å². The number of aromatic nitrogens is 1. The molecule has 3 rings (SSSR count). The van der Waals surface area contributed by atoms with Crippen molar-refractivity contribution in [1.29, 1.82) is 0 Å². The molecule has 0 unspecified atom stereocenters. The van der Waals surface area contributed by atoms with E-state index < -0.39 is 0 Å². The molecule has 3 atom stereocenters. The highest BCUT2D eigenvalue weighted by Gasteiger charge is 2.30. The molecule has 112 valence electrons. The molecule has 1 aliphatic rings. The highest BCUT2D eigenvalue weighted by molar-refractivity contribution is 6.10. The third-order valence-corrected chi connectivity index (χ3v) is 4.68. The standard InChI is InChI=1S/C18H24N2O/c1-12-8-13(2)11-20(10-12)14(3)18(21)16-9-19-17-7-5-4-6-15(16)17/h4-7,9,12-14,19H,8,10-11H2,1-3H3/t12-,13-,14+/m1/s1. The molecule has 1 fully saturated rings. The van der Waals surface area contributed by atoms with Gasteiger partial charge in [0.15, 0.2) is 5.78 Å². The molecular formula is C18H24N2O. The molecule has 1 aromatic carbocycles. The van der Waals surface area contributed by atoms with Crippen LogP contribution in [0.15, 0.2) is 30.5 Å². The van der Waals surface area contributed by atoms with Crippen LogP contribution < -0.4 is 0 Å². The van der Waals surface area contributed by atoms with Gasteiger partial charge < -0.3 is 4.98 Å². The Morgan fingerprint density at radius 2 is 1.90 bits per heavy atom. The molecule has 21 heavy (non-hydrogen) atoms. The Balaban J connectivity index is 1.84. The second-order valence-corrected chi connectivity index (χ2v) is 6.69. The molecule has 1 N–H and O–H groups in total. The Morgan fingerprint density at radius 3 is 2.62 bits per heavy atom. The number of aromatic amines is 1. The minimum atomic E-state index is -0.0468. The summed E-state index contributed by atoms with van der Waals surface area (Å²) in [6, 6.07) is 7.97. The quantitative estimate of drug-likeness (QED) is 0.872. The second kappa shape index (κ2) is 5.64. The van der Waals surface area contributed by atoms with Crippen molar-refractivity contribution in [2.75, 3.05) is 13.1 Å². The number of H-pyrrole nitrogens is 1. The Morgan fingerprint density at radius 1 is 1.24 bits per heavy atom. The van der Waals surface area contributed by atoms with Crippen LogP contribution in [0.25, 0.3) is 10.9 Å². The van der Waals surface area contributed by atoms with Crippen LogP contribution in [-0.4, -0.2) is 34.8 Å². The molecule has 0 spiro atoms. The zero-order chi connectivity index (χ0) is 15.0. The number of hydrogen-bond acceptors (Lipinski definition) is 2. The van der Waals surface area contributed by atoms with Gasteiger partial charge in [-0.1, -0.05) is 32.0 Å². The number of rotatable bonds is 3. The van der Waals surface area contributed by atoms with Crippen molar-refractivity contribution in [3.05, 3.63) is 36.0 Å². The number of Topliss-reactive ketones (excluding diaryl/α,β-unsaturated/α-hetero) is 1. The van der Waals surface area contributed by atoms with Crippen LogP contribution in [0.5, 0.6) is 0 Å². The molecule has 2 aromatic rings. The van der Waals surface area contributed by atoms with Gasteiger partial charge in [-0.2, -0.15) is 0 Å². The first-order valence-electron chi connectivity index (χ1n) is 7.90. The molecule has 0 saturated carbocycles. The average Bonchev–Trinajstić information content (AvgIpc) is 2.88. The third-order valence-electron chi connectivity index (χ3n) is 4.68. The number of ketones is 1. The Hall–Kier alpha value is -1.61. The van der Waals surface area contributed by atoms with E-state index in [1.165, 1.54) is 6.42 Å². The van der Waals surface area contributed by atoms with Gasteiger partial charge in [0.1, 0.15) is 0 Å². The predicted octanol–water partition coefficient (Wildman–Crippen LogP) is 3.72. The topological polar surface area (TPSA) is 36.1 Å². The maximum Gasteiger partial charge on any atom is 0.181 e. The zero-order valence-corrected chi connectivity index (χ0v) is 13.1. The number of hydrogen-bond donors (Lipinski definition) is 1. The van der Waals surface area contributed by atoms with E-state index in [2.05, 4.69) is 30.7 Å². The average molecular weight is 284 g/mol. The van der Waals surface area contributed by atoms with E-state index in [9.17, 15) is 4.79 Å². The summed E-state index contributed by atoms with van der Waals surface area (Å²) in [5, 5.41) is 1.03. The first-order valence-corrected chi connectivity index (χ1v) is 7.90. The molecule has 3 nitrogen and oxygen atoms in total. The van der Waals surface area contributed by atoms with Crippen LogP contribution in [0.4, 0.5) is 0 Å². The summed E-state index contributed by atoms with van der Waals surface area (Å²) >= 11 is 0. The van der Waals surface area contributed by atoms with E-state index in [1.807, 2.05) is 30.5 Å². The van der Waals surface area contributed by atoms with Crippen molar-refractivity contribution in [2.45, 2.75) is 33.2 Å². The molecule has 0 aliphatic carbocycles. The maximum absolute atomic E-state index is 12.9. The fourth-order valence-electron chi connectivity index (χ4n) is 3.69. The lowest BCUT2D eigenvalue weighted by Crippen LogP contribution is -2.47. The van der Waals surface area contributed by atoms with Crippen molar-refractivity contribution in [2.24, 2.45) is 11.8 Å². The lowest BCUT2D eigenvalue weighted by atomic mass is 9.90. The number of carbonyl (C=O) groups is 1. The largest absolute Gasteiger partial charge is 0.360 e. The van der Waals surface area contributed by atoms with Crippen molar-refractivity contribution >= 4 is 16.7 Å². The number of piperidine rings is 1. The monoisotopic (exact) mass is 284 g/mol. The number of nitrogens with zero attached hydrogens (tertiary/aromatic N) is 1. The molecular weight excluding hydrogens is 260 g/mol. The van der Waals surface area contributed by atoms with E-state index in [4.69, 9.17) is 0 Å². The highest BCUT2D eigenvalue weighted by atomic mass is 16.1. The van der Waals surface area contributed by atoms with Crippen LogP contribution in [0.3, 0.4) is 0 Å². The number of nitrogens with one attached hydrogen (secondary N) is 1. The smallest absolute Gasteiger partial charge is 0.181 e. The molecule has 0 amide bonds. The number of benzene rings is 1. The van der Waals surface area contributed by atoms with Gasteiger partial charge in [0.05, 0.1) is 6.04 Å². The van der Waals surface area contributed by atoms with Crippen molar-refractivity contribution in [3.8, 4) is 0 Å². The van der Waals surface area contributed by atoms with Gasteiger partial charge in [0.25, 0.3) is 0 Å². The van der Waals surface area contributed by atoms with Crippen LogP contribution in [0.1, 0.15) is 37.6 Å². The normalized spacial score (nSPS) is 25.1. The Labute approximate surface area is 126 Å². The summed E-state index contributed by atoms with van der Waals surface area (Å²) in [6.07, 6.45) is 3.13. The summed E-state index contributed by atoms with van der Waals surface area (Å²) in [5.41, 5.74) is 1.86. The predicted molar refractivity (Wildman–Crippen MR) is 86.6 cm³/mol. The molecule has 2 heterocycles. The SMILES string of the molecule is C[C@@H]1C[C@@H](C)CN([C@@H](C)C(=O)c2c[nH]c3ccccc23)C1. The van der Waals surface area contributed by atoms with Crippen LogP contribution in [0.2, 0.25) is 0 Å². The van der Waals surface area contributed by atoms with E-state index >= 15 is 0 Å². The molecule has 1 aromatic heterocycles. The lowest BCUT2D eigenvalue weighted by Gasteiger charge is -2.38. The van der Waals surface area contributed by atoms with E-state index in [-0.39, 0.29) is 11.8 Å². The van der Waals surface area contributed by atoms with E-state index in [0.717, 1.165) is 29.6 Å². The van der Waals surface area contributed by atoms with Gasteiger partial charge in [0.2, 0.25) is 0 Å². The molecule has 1 aliphatic heterocycles. The summed E-state index contributed by atoms with van der Waals surface area (Å²) in [4.78, 5) is 18.4. The number of fused-ring (bicyclic) bond motifs is 1. The summed E-state index contributed by atoms with van der Waals surface area (Å²) in [5.74, 6) is 1.58. The lowest BCUT2D eigenvalue weighted by molar-refractivity contribution is 0.0688. The van der Waals surface area contributed by atoms with E-state index in [1.54, 1.807) is 0 Å². The molecule has 3 heteroatoms. The van der Waals surface area contributed by atoms with Crippen molar-refractivity contribution in [1.82, 2.24) is 9.88 Å². The molecule has 0 bridgehead atoms. The van der Waals surface area contributed by atoms with Crippen LogP contribution in [-0.2, 0) is 0 Å². The number of para-hydroxylation sites is 1. The van der Waals surface area contributed by atoms with E-state index in [0.29, 0.717) is 11.8 Å². The number of carbonyl (C=O) groups excluding carboxylic acids is 1. The highest BCUT2D eigenvalue weighted by Crippen LogP contribution is 2.25. The first-order chi connectivity index (χ1) is 10.1. The summed E-state index contributed by atoms with van der Waals surface area (Å²) in [6.45, 7) is 8.67. The van der Waals surface area contributed by atoms with Crippen LogP contribution in [0, 0.1) is 11.8 Å². The minimum absolute atomic E-state index is 0.0468. The summed E-state index contributed by atoms with van der Waals surface area (Å²) < 4.78 is 0. The number of likely N-dealkylation sites (tertiary alicyclic amines) is 1. The summed E-state index contributed by atoms with van der Waals surface area (Å²) in [7, 11) is 0. The van der Waals surface area contributed by atoms with Gasteiger partial charge in [-0.15, -0.1) is 0 Å². The molecule has 1 saturated heterocycles. The van der Waals surface area contributed by atoms with Gasteiger partial charge in [0, 0.05) is 35.8 Å². The van der Waals surface area contributed by atoms with Crippen LogP contribution >= 0.6 is 0 Å². The maximum atomic E-state index is 12.9. The van der Waals surface area contributed by atoms with Crippen molar-refractivity contribution < 1.29 is 4.79 Å². The first kappa shape index (κ1) is 14.3. The fraction of sp³-hybridized carbons (Fsp3) is 0.500. The van der Waals surface area contributed by atoms with Gasteiger partial charge in [-0.3, -0.25) is 9.69 Å². The van der Waals surface area contributed by atoms with Crippen molar-refractivity contribution in [3.63, 3.8) is 0 Å². The Kier molecular flexibility index (Phi) is 3.85. The second-order valence-electron chi connectivity index (χ2n) is 6.69. The molecule has 0 radical (unpaired) electrons. The van der Waals surface area contributed by atoms with Gasteiger partial charge in [-0.05, 0) is 31.2 Å². The van der Waals surface area contributed by atoms with Gasteiger partial charge in [-0.25, -0.2) is 0 Å². The zero-order valence-electron chi connectivity index (χ0n) is 13.1. The Bertz CT molecular complexity index is 635. The fourth-order valence-corrected chi connectivity index (χ4v) is 3.69. The third kappa shape index (κ3) is 2.75.